The zero-order chi connectivity index (χ0) is 19.0. The van der Waals surface area contributed by atoms with Crippen LogP contribution in [0.2, 0.25) is 0 Å². The molecule has 140 valence electrons. The molecule has 1 saturated heterocycles. The first-order valence-electron chi connectivity index (χ1n) is 7.90. The van der Waals surface area contributed by atoms with E-state index in [2.05, 4.69) is 15.1 Å². The molecule has 0 atom stereocenters. The van der Waals surface area contributed by atoms with Crippen LogP contribution < -0.4 is 10.5 Å². The van der Waals surface area contributed by atoms with Crippen molar-refractivity contribution >= 4 is 11.9 Å². The summed E-state index contributed by atoms with van der Waals surface area (Å²) in [5.74, 6) is -1.24. The number of aromatic nitrogens is 4. The van der Waals surface area contributed by atoms with Gasteiger partial charge in [-0.2, -0.15) is 9.49 Å². The highest BCUT2D eigenvalue weighted by Gasteiger charge is 2.29. The molecular formula is C15H17F3N6O2. The van der Waals surface area contributed by atoms with Gasteiger partial charge < -0.3 is 9.80 Å². The summed E-state index contributed by atoms with van der Waals surface area (Å²) in [5, 5.41) is 3.64. The summed E-state index contributed by atoms with van der Waals surface area (Å²) in [6.07, 6.45) is -1.56. The second-order valence-corrected chi connectivity index (χ2v) is 5.97. The highest BCUT2D eigenvalue weighted by atomic mass is 19.3. The van der Waals surface area contributed by atoms with E-state index in [1.54, 1.807) is 4.90 Å². The van der Waals surface area contributed by atoms with Crippen molar-refractivity contribution < 1.29 is 18.0 Å². The highest BCUT2D eigenvalue weighted by Crippen LogP contribution is 2.23. The standard InChI is InChI=1S/C15H17F3N6O2/c1-8-10(16)13(25)20-15(19-8)24-5-3-23(4-6-24)14(26)9-7-22(2)21-11(9)12(17)18/h7,12H,3-6H2,1-2H3,(H,19,20,25). The number of carbonyl (C=O) groups excluding carboxylic acids is 1. The molecule has 1 aliphatic heterocycles. The van der Waals surface area contributed by atoms with Gasteiger partial charge in [-0.25, -0.2) is 13.8 Å². The van der Waals surface area contributed by atoms with E-state index in [-0.39, 0.29) is 30.3 Å². The zero-order valence-electron chi connectivity index (χ0n) is 14.2. The Morgan fingerprint density at radius 3 is 2.50 bits per heavy atom. The summed E-state index contributed by atoms with van der Waals surface area (Å²) in [4.78, 5) is 33.6. The van der Waals surface area contributed by atoms with E-state index in [1.807, 2.05) is 0 Å². The number of nitrogens with zero attached hydrogens (tertiary/aromatic N) is 5. The average Bonchev–Trinajstić information content (AvgIpc) is 3.01. The number of alkyl halides is 2. The number of amides is 1. The third-order valence-corrected chi connectivity index (χ3v) is 4.18. The smallest absolute Gasteiger partial charge is 0.288 e. The number of aromatic amines is 1. The average molecular weight is 370 g/mol. The summed E-state index contributed by atoms with van der Waals surface area (Å²) in [5.41, 5.74) is -1.54. The zero-order valence-corrected chi connectivity index (χ0v) is 14.2. The predicted octanol–water partition coefficient (Wildman–Crippen LogP) is 0.851. The molecule has 0 aromatic carbocycles. The fourth-order valence-electron chi connectivity index (χ4n) is 2.83. The topological polar surface area (TPSA) is 87.1 Å². The molecule has 11 heteroatoms. The first kappa shape index (κ1) is 18.0. The van der Waals surface area contributed by atoms with Gasteiger partial charge in [0.2, 0.25) is 11.8 Å². The Bertz CT molecular complexity index is 886. The molecule has 0 bridgehead atoms. The van der Waals surface area contributed by atoms with Crippen molar-refractivity contribution in [2.45, 2.75) is 13.3 Å². The minimum absolute atomic E-state index is 0.0146. The Morgan fingerprint density at radius 1 is 1.27 bits per heavy atom. The second kappa shape index (κ2) is 6.81. The number of hydrogen-bond donors (Lipinski definition) is 1. The molecular weight excluding hydrogens is 353 g/mol. The van der Waals surface area contributed by atoms with Crippen LogP contribution >= 0.6 is 0 Å². The molecule has 0 saturated carbocycles. The fourth-order valence-corrected chi connectivity index (χ4v) is 2.83. The first-order valence-corrected chi connectivity index (χ1v) is 7.90. The van der Waals surface area contributed by atoms with E-state index in [4.69, 9.17) is 0 Å². The number of H-pyrrole nitrogens is 1. The lowest BCUT2D eigenvalue weighted by atomic mass is 10.2. The number of rotatable bonds is 3. The maximum absolute atomic E-state index is 13.4. The lowest BCUT2D eigenvalue weighted by Gasteiger charge is -2.35. The summed E-state index contributed by atoms with van der Waals surface area (Å²) in [6, 6.07) is 0. The third kappa shape index (κ3) is 3.28. The number of aryl methyl sites for hydroxylation is 2. The summed E-state index contributed by atoms with van der Waals surface area (Å²) < 4.78 is 40.6. The van der Waals surface area contributed by atoms with Gasteiger partial charge in [0.25, 0.3) is 17.9 Å². The van der Waals surface area contributed by atoms with E-state index in [9.17, 15) is 22.8 Å². The molecule has 1 aliphatic rings. The van der Waals surface area contributed by atoms with E-state index in [1.165, 1.54) is 29.7 Å². The predicted molar refractivity (Wildman–Crippen MR) is 85.8 cm³/mol. The molecule has 0 unspecified atom stereocenters. The molecule has 1 fully saturated rings. The van der Waals surface area contributed by atoms with Crippen LogP contribution in [0.3, 0.4) is 0 Å². The van der Waals surface area contributed by atoms with Crippen LogP contribution in [-0.2, 0) is 7.05 Å². The van der Waals surface area contributed by atoms with Gasteiger partial charge in [-0.05, 0) is 6.92 Å². The molecule has 26 heavy (non-hydrogen) atoms. The number of piperazine rings is 1. The molecule has 0 aliphatic carbocycles. The van der Waals surface area contributed by atoms with Gasteiger partial charge in [-0.3, -0.25) is 19.3 Å². The Kier molecular flexibility index (Phi) is 4.70. The lowest BCUT2D eigenvalue weighted by molar-refractivity contribution is 0.0733. The quantitative estimate of drug-likeness (QED) is 0.866. The number of anilines is 1. The Morgan fingerprint density at radius 2 is 1.92 bits per heavy atom. The van der Waals surface area contributed by atoms with Gasteiger partial charge in [0.15, 0.2) is 0 Å². The van der Waals surface area contributed by atoms with Gasteiger partial charge in [-0.1, -0.05) is 0 Å². The van der Waals surface area contributed by atoms with E-state index >= 15 is 0 Å². The highest BCUT2D eigenvalue weighted by molar-refractivity contribution is 5.95. The molecule has 0 spiro atoms. The van der Waals surface area contributed by atoms with Gasteiger partial charge in [0, 0.05) is 39.4 Å². The normalized spacial score (nSPS) is 15.0. The number of halogens is 3. The van der Waals surface area contributed by atoms with Crippen molar-refractivity contribution in [3.05, 3.63) is 39.3 Å². The Hall–Kier alpha value is -2.85. The van der Waals surface area contributed by atoms with Gasteiger partial charge >= 0.3 is 0 Å². The largest absolute Gasteiger partial charge is 0.339 e. The van der Waals surface area contributed by atoms with Crippen molar-refractivity contribution in [1.82, 2.24) is 24.6 Å². The third-order valence-electron chi connectivity index (χ3n) is 4.18. The van der Waals surface area contributed by atoms with Gasteiger partial charge in [-0.15, -0.1) is 0 Å². The van der Waals surface area contributed by atoms with Gasteiger partial charge in [0.05, 0.1) is 11.3 Å². The van der Waals surface area contributed by atoms with Crippen LogP contribution in [0.25, 0.3) is 0 Å². The summed E-state index contributed by atoms with van der Waals surface area (Å²) in [7, 11) is 1.47. The molecule has 1 N–H and O–H groups in total. The van der Waals surface area contributed by atoms with E-state index in [0.29, 0.717) is 13.1 Å². The number of nitrogens with one attached hydrogen (secondary N) is 1. The van der Waals surface area contributed by atoms with Crippen LogP contribution in [0.5, 0.6) is 0 Å². The number of carbonyl (C=O) groups is 1. The molecule has 3 rings (SSSR count). The van der Waals surface area contributed by atoms with Crippen LogP contribution in [0.1, 0.15) is 28.2 Å². The maximum atomic E-state index is 13.4. The van der Waals surface area contributed by atoms with Crippen molar-refractivity contribution in [3.8, 4) is 0 Å². The minimum atomic E-state index is -2.84. The monoisotopic (exact) mass is 370 g/mol. The molecule has 1 amide bonds. The molecule has 2 aromatic heterocycles. The van der Waals surface area contributed by atoms with E-state index < -0.39 is 29.4 Å². The maximum Gasteiger partial charge on any atom is 0.288 e. The van der Waals surface area contributed by atoms with E-state index in [0.717, 1.165) is 0 Å². The number of hydrogen-bond acceptors (Lipinski definition) is 5. The molecule has 3 heterocycles. The SMILES string of the molecule is Cc1nc(N2CCN(C(=O)c3cn(C)nc3C(F)F)CC2)[nH]c(=O)c1F. The first-order chi connectivity index (χ1) is 12.3. The molecule has 8 nitrogen and oxygen atoms in total. The van der Waals surface area contributed by atoms with Crippen molar-refractivity contribution in [1.29, 1.82) is 0 Å². The molecule has 2 aromatic rings. The molecule has 0 radical (unpaired) electrons. The van der Waals surface area contributed by atoms with Crippen LogP contribution in [0, 0.1) is 12.7 Å². The summed E-state index contributed by atoms with van der Waals surface area (Å²) >= 11 is 0. The second-order valence-electron chi connectivity index (χ2n) is 5.97. The van der Waals surface area contributed by atoms with Crippen LogP contribution in [0.15, 0.2) is 11.0 Å². The van der Waals surface area contributed by atoms with Crippen molar-refractivity contribution in [3.63, 3.8) is 0 Å². The van der Waals surface area contributed by atoms with Crippen molar-refractivity contribution in [2.75, 3.05) is 31.1 Å². The van der Waals surface area contributed by atoms with Crippen LogP contribution in [0.4, 0.5) is 19.1 Å². The fraction of sp³-hybridized carbons (Fsp3) is 0.467. The van der Waals surface area contributed by atoms with Crippen molar-refractivity contribution in [2.24, 2.45) is 7.05 Å². The Labute approximate surface area is 146 Å². The summed E-state index contributed by atoms with van der Waals surface area (Å²) in [6.45, 7) is 2.53. The minimum Gasteiger partial charge on any atom is -0.339 e. The Balaban J connectivity index is 1.73. The van der Waals surface area contributed by atoms with Crippen LogP contribution in [-0.4, -0.2) is 56.7 Å². The van der Waals surface area contributed by atoms with Gasteiger partial charge in [0.1, 0.15) is 5.69 Å². The lowest BCUT2D eigenvalue weighted by Crippen LogP contribution is -2.49.